The van der Waals surface area contributed by atoms with Gasteiger partial charge in [0.1, 0.15) is 5.69 Å². The first kappa shape index (κ1) is 21.5. The van der Waals surface area contributed by atoms with E-state index in [1.807, 2.05) is 31.2 Å². The summed E-state index contributed by atoms with van der Waals surface area (Å²) in [6, 6.07) is 23.6. The molecule has 0 radical (unpaired) electrons. The molecular weight excluding hydrogens is 937 g/mol. The number of fused-ring (bicyclic) bond motifs is 18. The molecule has 10 bridgehead atoms. The molecule has 4 atom stereocenters. The second kappa shape index (κ2) is 7.25. The van der Waals surface area contributed by atoms with Gasteiger partial charge in [0.25, 0.3) is 0 Å². The second-order valence-electron chi connectivity index (χ2n) is 9.99. The molecule has 0 spiro atoms. The Kier molecular flexibility index (Phi) is 4.22. The first-order valence-corrected chi connectivity index (χ1v) is 12.1. The normalized spacial score (nSPS) is 22.2. The number of aromatic nitrogens is 4. The molecule has 5 heterocycles. The van der Waals surface area contributed by atoms with E-state index in [0.29, 0.717) is 23.0 Å². The molecule has 2 aliphatic carbocycles. The van der Waals surface area contributed by atoms with Crippen molar-refractivity contribution < 1.29 is 4.39 Å². The van der Waals surface area contributed by atoms with E-state index in [1.165, 1.54) is 11.1 Å². The Hall–Kier alpha value is -5.99. The number of H-pyrrole nitrogens is 2. The molecule has 2 aliphatic heterocycles. The van der Waals surface area contributed by atoms with Crippen molar-refractivity contribution in [3.8, 4) is 0 Å². The molecule has 190 valence electrons. The van der Waals surface area contributed by atoms with Crippen LogP contribution in [0.5, 0.6) is 0 Å². The first-order chi connectivity index (χ1) is 17.1. The van der Waals surface area contributed by atoms with E-state index < -0.39 is 0 Å². The van der Waals surface area contributed by atoms with Gasteiger partial charge >= 0.3 is 0 Å². The monoisotopic (exact) mass is 954 g/mol. The van der Waals surface area contributed by atoms with Gasteiger partial charge in [0.05, 0.1) is 11.2 Å². The van der Waals surface area contributed by atoms with E-state index in [9.17, 15) is 0 Å². The summed E-state index contributed by atoms with van der Waals surface area (Å²) in [5, 5.41) is 0. The summed E-state index contributed by atoms with van der Waals surface area (Å²) in [6.07, 6.45) is 4.71. The predicted molar refractivity (Wildman–Crippen MR) is 134 cm³/mol. The quantitative estimate of drug-likeness (QED) is 0.170. The average molecular weight is 959 g/mol. The number of hydrogen-bond acceptors (Lipinski definition) is 2. The van der Waals surface area contributed by atoms with Gasteiger partial charge in [-0.3, -0.25) is 4.98 Å². The molecule has 7 heteroatoms. The van der Waals surface area contributed by atoms with Crippen LogP contribution < -0.4 is 0 Å². The van der Waals surface area contributed by atoms with Crippen LogP contribution in [-0.4, -0.2) is 19.9 Å². The van der Waals surface area contributed by atoms with Crippen molar-refractivity contribution in [3.05, 3.63) is 106 Å². The van der Waals surface area contributed by atoms with Crippen LogP contribution in [0.4, 0.5) is 4.39 Å². The van der Waals surface area contributed by atoms with Crippen LogP contribution in [-0.2, 0) is 0 Å². The summed E-state index contributed by atoms with van der Waals surface area (Å²) in [5.41, 5.74) is 9.82. The number of aromatic amines is 2. The fourth-order valence-corrected chi connectivity index (χ4v) is 6.65. The zero-order valence-electron chi connectivity index (χ0n) is 19.7. The van der Waals surface area contributed by atoms with Gasteiger partial charge in [-0.25, -0.2) is 21.5 Å². The summed E-state index contributed by atoms with van der Waals surface area (Å²) in [5.74, 6) is 1.03. The third kappa shape index (κ3) is 2.78. The van der Waals surface area contributed by atoms with Crippen molar-refractivity contribution in [3.63, 3.8) is 0 Å². The zero-order valence-corrected chi connectivity index (χ0v) is 25.0. The Labute approximate surface area is 201 Å². The van der Waals surface area contributed by atoms with Crippen LogP contribution in [0.25, 0.3) is 34.2 Å². The topological polar surface area (TPSA) is 57.4 Å². The van der Waals surface area contributed by atoms with Crippen molar-refractivity contribution >= 4 is 34.2 Å². The molecule has 4 aliphatic rings. The smallest absolute Gasteiger partial charge is 0.170 e. The second-order valence-corrected chi connectivity index (χ2v) is 9.99. The Bertz CT molecular complexity index is 1630. The molecule has 4 nitrogen and oxygen atoms in total. The number of rotatable bonds is 0. The maximum atomic E-state index is 15.3. The largest absolute Gasteiger partial charge is 0.391 e. The number of hydrogen-bond donors (Lipinski definition) is 2. The van der Waals surface area contributed by atoms with Crippen LogP contribution in [0, 0.1) is 24.9 Å². The van der Waals surface area contributed by atoms with Gasteiger partial charge in [0, 0.05) is 5.52 Å². The molecule has 4 unspecified atom stereocenters. The van der Waals surface area contributed by atoms with Crippen molar-refractivity contribution in [1.82, 2.24) is 19.9 Å². The molecule has 4 aromatic rings. The van der Waals surface area contributed by atoms with E-state index in [1.54, 1.807) is 12.1 Å². The van der Waals surface area contributed by atoms with E-state index in [4.69, 9.17) is 4.98 Å². The molecule has 0 amide bonds. The van der Waals surface area contributed by atoms with Crippen LogP contribution in [0.15, 0.2) is 48.5 Å². The number of halogens is 1. The van der Waals surface area contributed by atoms with E-state index in [0.717, 1.165) is 45.6 Å². The third-order valence-corrected chi connectivity index (χ3v) is 8.22. The zero-order chi connectivity index (χ0) is 23.3. The van der Waals surface area contributed by atoms with E-state index >= 15 is 4.39 Å². The van der Waals surface area contributed by atoms with Crippen LogP contribution >= 0.6 is 0 Å². The number of benzene rings is 1. The average Bonchev–Trinajstić information content (AvgIpc) is 3.70. The van der Waals surface area contributed by atoms with Crippen molar-refractivity contribution in [2.75, 3.05) is 0 Å². The molecule has 1 fully saturated rings. The summed E-state index contributed by atoms with van der Waals surface area (Å²) in [4.78, 5) is 16.3. The molecule has 1 aromatic carbocycles. The Balaban J connectivity index is 0.00000126. The Morgan fingerprint density at radius 2 is 1.32 bits per heavy atom. The summed E-state index contributed by atoms with van der Waals surface area (Å²) >= 11 is 0. The van der Waals surface area contributed by atoms with Gasteiger partial charge in [-0.1, -0.05) is 24.3 Å². The molecule has 1 saturated carbocycles. The van der Waals surface area contributed by atoms with E-state index in [-0.39, 0.29) is 17.7 Å². The molecule has 3 aromatic heterocycles. The van der Waals surface area contributed by atoms with Gasteiger partial charge in [0.15, 0.2) is 5.82 Å². The van der Waals surface area contributed by atoms with Crippen molar-refractivity contribution in [2.24, 2.45) is 0 Å². The molecule has 2 N–H and O–H groups in total. The summed E-state index contributed by atoms with van der Waals surface area (Å²) < 4.78 is 15.3. The fraction of sp³-hybridized carbons (Fsp3) is 0.200. The van der Waals surface area contributed by atoms with Gasteiger partial charge < -0.3 is 9.97 Å². The summed E-state index contributed by atoms with van der Waals surface area (Å²) in [7, 11) is 0. The van der Waals surface area contributed by atoms with Crippen LogP contribution in [0.1, 0.15) is 69.6 Å². The standard InChI is InChI=1S/C30H21FN4.2Cf/c1-15-22-8-6-16(32-22)12-26-28-20-14-21(19-5-3-2-4-18(19)20)29(28)27(35-26)13-17-7-9-24(33-17)30(31)25-11-10-23(15)34-25;;/h2-11,20-21,28-29,32-33H,14H2,1H3;;/q-2;;. The van der Waals surface area contributed by atoms with Gasteiger partial charge in [-0.05, 0) is 77.2 Å². The Morgan fingerprint density at radius 3 is 1.97 bits per heavy atom. The van der Waals surface area contributed by atoms with Crippen molar-refractivity contribution in [2.45, 2.75) is 37.0 Å². The number of aryl methyl sites for hydroxylation is 1. The molecule has 8 rings (SSSR count). The minimum Gasteiger partial charge on any atom is -0.391 e. The third-order valence-electron chi connectivity index (χ3n) is 8.22. The molecule has 37 heavy (non-hydrogen) atoms. The molecular formula is C30H21Cf2FN4-2. The van der Waals surface area contributed by atoms with Gasteiger partial charge in [-0.15, -0.1) is 23.2 Å². The molecule has 0 saturated heterocycles. The maximum absolute atomic E-state index is 15.3. The first-order valence-electron chi connectivity index (χ1n) is 12.1. The Morgan fingerprint density at radius 1 is 0.757 bits per heavy atom. The van der Waals surface area contributed by atoms with E-state index in [2.05, 4.69) is 51.4 Å². The minimum absolute atomic E-state index is 0. The predicted octanol–water partition coefficient (Wildman–Crippen LogP) is 6.69. The van der Waals surface area contributed by atoms with Crippen molar-refractivity contribution in [1.29, 1.82) is 0 Å². The summed E-state index contributed by atoms with van der Waals surface area (Å²) in [6.45, 7) is 2.00. The number of nitrogens with zero attached hydrogens (tertiary/aromatic N) is 2. The SMILES string of the molecule is Cc1c2nc(c(F)c3ccc([c-]c4nc([c-]c5ccc1[nH]5)C1C5CC(c6ccccc65)C41)[nH]3)C=C2.[Cf].[Cf]. The van der Waals surface area contributed by atoms with Crippen LogP contribution in [0.3, 0.4) is 0 Å². The van der Waals surface area contributed by atoms with Gasteiger partial charge in [0.2, 0.25) is 0 Å². The van der Waals surface area contributed by atoms with Gasteiger partial charge in [-0.2, -0.15) is 12.1 Å². The number of nitrogens with one attached hydrogen (secondary N) is 2. The minimum atomic E-state index is -0.370. The fourth-order valence-electron chi connectivity index (χ4n) is 6.65. The maximum Gasteiger partial charge on any atom is 0.170 e. The van der Waals surface area contributed by atoms with Crippen LogP contribution in [0.2, 0.25) is 0 Å².